The summed E-state index contributed by atoms with van der Waals surface area (Å²) < 4.78 is 28.2. The van der Waals surface area contributed by atoms with Gasteiger partial charge in [0, 0.05) is 32.4 Å². The molecule has 1 fully saturated rings. The number of nitrogens with zero attached hydrogens (tertiary/aromatic N) is 2. The molecule has 0 saturated carbocycles. The minimum Gasteiger partial charge on any atom is -0.348 e. The zero-order chi connectivity index (χ0) is 16.3. The molecule has 6 nitrogen and oxygen atoms in total. The molecule has 0 aliphatic carbocycles. The van der Waals surface area contributed by atoms with Crippen LogP contribution in [-0.2, 0) is 17.1 Å². The lowest BCUT2D eigenvalue weighted by Gasteiger charge is -2.14. The van der Waals surface area contributed by atoms with Gasteiger partial charge in [0.2, 0.25) is 10.0 Å². The molecule has 2 heterocycles. The maximum Gasteiger partial charge on any atom is 0.268 e. The van der Waals surface area contributed by atoms with E-state index >= 15 is 0 Å². The fourth-order valence-corrected chi connectivity index (χ4v) is 4.32. The molecule has 7 heteroatoms. The zero-order valence-electron chi connectivity index (χ0n) is 13.5. The summed E-state index contributed by atoms with van der Waals surface area (Å²) in [4.78, 5) is 12.5. The number of carbonyl (C=O) groups is 1. The monoisotopic (exact) mass is 327 g/mol. The Bertz CT molecular complexity index is 626. The third-order valence-corrected chi connectivity index (χ3v) is 6.10. The van der Waals surface area contributed by atoms with Gasteiger partial charge in [-0.05, 0) is 31.7 Å². The first-order valence-corrected chi connectivity index (χ1v) is 9.31. The van der Waals surface area contributed by atoms with Crippen LogP contribution in [0.2, 0.25) is 0 Å². The van der Waals surface area contributed by atoms with Crippen LogP contribution in [0.3, 0.4) is 0 Å². The molecule has 1 amide bonds. The van der Waals surface area contributed by atoms with E-state index in [1.807, 2.05) is 13.8 Å². The average Bonchev–Trinajstić information content (AvgIpc) is 3.14. The van der Waals surface area contributed by atoms with Crippen molar-refractivity contribution in [2.45, 2.75) is 50.5 Å². The van der Waals surface area contributed by atoms with Gasteiger partial charge < -0.3 is 9.88 Å². The van der Waals surface area contributed by atoms with Gasteiger partial charge >= 0.3 is 0 Å². The van der Waals surface area contributed by atoms with E-state index in [4.69, 9.17) is 0 Å². The van der Waals surface area contributed by atoms with Gasteiger partial charge in [0.1, 0.15) is 10.6 Å². The number of aromatic nitrogens is 1. The van der Waals surface area contributed by atoms with Crippen molar-refractivity contribution in [1.29, 1.82) is 0 Å². The van der Waals surface area contributed by atoms with E-state index in [-0.39, 0.29) is 16.8 Å². The fraction of sp³-hybridized carbons (Fsp3) is 0.667. The van der Waals surface area contributed by atoms with Crippen LogP contribution in [0.25, 0.3) is 0 Å². The molecule has 124 valence electrons. The van der Waals surface area contributed by atoms with Gasteiger partial charge in [-0.1, -0.05) is 13.8 Å². The van der Waals surface area contributed by atoms with E-state index in [2.05, 4.69) is 5.32 Å². The lowest BCUT2D eigenvalue weighted by atomic mass is 10.1. The van der Waals surface area contributed by atoms with Gasteiger partial charge in [-0.2, -0.15) is 4.31 Å². The fourth-order valence-electron chi connectivity index (χ4n) is 2.73. The second-order valence-electron chi connectivity index (χ2n) is 5.77. The van der Waals surface area contributed by atoms with Crippen LogP contribution >= 0.6 is 0 Å². The molecule has 0 radical (unpaired) electrons. The van der Waals surface area contributed by atoms with E-state index in [9.17, 15) is 13.2 Å². The number of sulfonamides is 1. The quantitative estimate of drug-likeness (QED) is 0.865. The number of hydrogen-bond donors (Lipinski definition) is 1. The predicted octanol–water partition coefficient (Wildman–Crippen LogP) is 1.73. The van der Waals surface area contributed by atoms with Gasteiger partial charge in [-0.15, -0.1) is 0 Å². The van der Waals surface area contributed by atoms with Gasteiger partial charge in [0.15, 0.2) is 0 Å². The van der Waals surface area contributed by atoms with Crippen molar-refractivity contribution in [2.75, 3.05) is 13.1 Å². The minimum atomic E-state index is -3.48. The maximum absolute atomic E-state index is 12.5. The molecule has 1 aliphatic rings. The Morgan fingerprint density at radius 3 is 2.41 bits per heavy atom. The van der Waals surface area contributed by atoms with Crippen molar-refractivity contribution in [3.8, 4) is 0 Å². The molecule has 1 aromatic rings. The number of carbonyl (C=O) groups excluding carboxylic acids is 1. The van der Waals surface area contributed by atoms with Crippen LogP contribution in [0.1, 0.15) is 50.0 Å². The molecular weight excluding hydrogens is 302 g/mol. The van der Waals surface area contributed by atoms with Crippen molar-refractivity contribution in [2.24, 2.45) is 7.05 Å². The molecule has 1 aliphatic heterocycles. The average molecular weight is 327 g/mol. The summed E-state index contributed by atoms with van der Waals surface area (Å²) in [5, 5.41) is 2.94. The summed E-state index contributed by atoms with van der Waals surface area (Å²) in [6.07, 6.45) is 5.02. The molecule has 0 spiro atoms. The summed E-state index contributed by atoms with van der Waals surface area (Å²) in [7, 11) is -1.78. The summed E-state index contributed by atoms with van der Waals surface area (Å²) in [5.74, 6) is -0.223. The van der Waals surface area contributed by atoms with E-state index in [1.54, 1.807) is 11.6 Å². The Hall–Kier alpha value is -1.34. The van der Waals surface area contributed by atoms with E-state index in [0.717, 1.165) is 25.7 Å². The van der Waals surface area contributed by atoms with Crippen LogP contribution in [0.4, 0.5) is 0 Å². The van der Waals surface area contributed by atoms with Crippen LogP contribution in [-0.4, -0.2) is 42.3 Å². The lowest BCUT2D eigenvalue weighted by Crippen LogP contribution is -2.34. The standard InChI is InChI=1S/C15H25N3O3S/c1-4-12(5-2)16-15(19)14-10-13(11-17(14)3)22(20,21)18-8-6-7-9-18/h10-12H,4-9H2,1-3H3,(H,16,19). The molecule has 1 saturated heterocycles. The van der Waals surface area contributed by atoms with Gasteiger partial charge in [-0.3, -0.25) is 4.79 Å². The topological polar surface area (TPSA) is 71.4 Å². The first kappa shape index (κ1) is 17.0. The molecule has 0 unspecified atom stereocenters. The molecule has 22 heavy (non-hydrogen) atoms. The molecule has 1 aromatic heterocycles. The second kappa shape index (κ2) is 6.83. The highest BCUT2D eigenvalue weighted by molar-refractivity contribution is 7.89. The van der Waals surface area contributed by atoms with Crippen molar-refractivity contribution < 1.29 is 13.2 Å². The van der Waals surface area contributed by atoms with Crippen LogP contribution in [0, 0.1) is 0 Å². The minimum absolute atomic E-state index is 0.112. The third kappa shape index (κ3) is 3.35. The normalized spacial score (nSPS) is 16.4. The lowest BCUT2D eigenvalue weighted by molar-refractivity contribution is 0.0926. The number of aryl methyl sites for hydroxylation is 1. The molecule has 0 bridgehead atoms. The summed E-state index contributed by atoms with van der Waals surface area (Å²) in [5.41, 5.74) is 0.379. The number of hydrogen-bond acceptors (Lipinski definition) is 3. The van der Waals surface area contributed by atoms with E-state index < -0.39 is 10.0 Å². The Labute approximate surface area is 132 Å². The summed E-state index contributed by atoms with van der Waals surface area (Å²) in [6, 6.07) is 1.59. The predicted molar refractivity (Wildman–Crippen MR) is 85.2 cm³/mol. The zero-order valence-corrected chi connectivity index (χ0v) is 14.3. The Morgan fingerprint density at radius 1 is 1.27 bits per heavy atom. The molecular formula is C15H25N3O3S. The molecule has 2 rings (SSSR count). The third-order valence-electron chi connectivity index (χ3n) is 4.24. The highest BCUT2D eigenvalue weighted by atomic mass is 32.2. The van der Waals surface area contributed by atoms with Crippen molar-refractivity contribution in [3.63, 3.8) is 0 Å². The van der Waals surface area contributed by atoms with Gasteiger partial charge in [0.25, 0.3) is 5.91 Å². The number of amides is 1. The first-order chi connectivity index (χ1) is 10.4. The number of nitrogens with one attached hydrogen (secondary N) is 1. The van der Waals surface area contributed by atoms with Gasteiger partial charge in [0.05, 0.1) is 0 Å². The van der Waals surface area contributed by atoms with E-state index in [1.165, 1.54) is 16.6 Å². The van der Waals surface area contributed by atoms with Crippen molar-refractivity contribution in [1.82, 2.24) is 14.2 Å². The summed E-state index contributed by atoms with van der Waals surface area (Å²) in [6.45, 7) is 5.16. The Balaban J connectivity index is 2.22. The van der Waals surface area contributed by atoms with Crippen molar-refractivity contribution in [3.05, 3.63) is 18.0 Å². The van der Waals surface area contributed by atoms with Gasteiger partial charge in [-0.25, -0.2) is 8.42 Å². The smallest absolute Gasteiger partial charge is 0.268 e. The first-order valence-electron chi connectivity index (χ1n) is 7.87. The molecule has 1 N–H and O–H groups in total. The number of rotatable bonds is 6. The van der Waals surface area contributed by atoms with Crippen LogP contribution in [0.15, 0.2) is 17.2 Å². The highest BCUT2D eigenvalue weighted by Gasteiger charge is 2.29. The van der Waals surface area contributed by atoms with E-state index in [0.29, 0.717) is 18.8 Å². The maximum atomic E-state index is 12.5. The molecule has 0 atom stereocenters. The SMILES string of the molecule is CCC(CC)NC(=O)c1cc(S(=O)(=O)N2CCCC2)cn1C. The second-order valence-corrected chi connectivity index (χ2v) is 7.71. The van der Waals surface area contributed by atoms with Crippen molar-refractivity contribution >= 4 is 15.9 Å². The van der Waals surface area contributed by atoms with Crippen LogP contribution < -0.4 is 5.32 Å². The van der Waals surface area contributed by atoms with Crippen LogP contribution in [0.5, 0.6) is 0 Å². The Morgan fingerprint density at radius 2 is 1.86 bits per heavy atom. The molecule has 0 aromatic carbocycles. The Kier molecular flexibility index (Phi) is 5.28. The largest absolute Gasteiger partial charge is 0.348 e. The highest BCUT2D eigenvalue weighted by Crippen LogP contribution is 2.22. The summed E-state index contributed by atoms with van der Waals surface area (Å²) >= 11 is 0.